The molecule has 3 nitrogen and oxygen atoms in total. The molecule has 0 spiro atoms. The van der Waals surface area contributed by atoms with E-state index in [1.165, 1.54) is 17.7 Å². The fourth-order valence-electron chi connectivity index (χ4n) is 4.41. The Bertz CT molecular complexity index is 781. The topological polar surface area (TPSA) is 46.3 Å². The molecule has 4 heteroatoms. The van der Waals surface area contributed by atoms with Gasteiger partial charge in [-0.05, 0) is 60.9 Å². The Morgan fingerprint density at radius 3 is 2.42 bits per heavy atom. The van der Waals surface area contributed by atoms with Gasteiger partial charge in [0.2, 0.25) is 5.91 Å². The van der Waals surface area contributed by atoms with Gasteiger partial charge >= 0.3 is 0 Å². The van der Waals surface area contributed by atoms with Crippen molar-refractivity contribution in [3.8, 4) is 0 Å². The number of hydrogen-bond acceptors (Lipinski definition) is 2. The largest absolute Gasteiger partial charge is 0.331 e. The zero-order chi connectivity index (χ0) is 18.1. The van der Waals surface area contributed by atoms with E-state index in [0.717, 1.165) is 43.2 Å². The molecule has 2 N–H and O–H groups in total. The summed E-state index contributed by atoms with van der Waals surface area (Å²) in [5.41, 5.74) is 9.42. The van der Waals surface area contributed by atoms with Crippen LogP contribution in [0.5, 0.6) is 0 Å². The number of nitrogens with zero attached hydrogens (tertiary/aromatic N) is 1. The first-order valence-electron chi connectivity index (χ1n) is 9.53. The lowest BCUT2D eigenvalue weighted by Crippen LogP contribution is -2.45. The van der Waals surface area contributed by atoms with Crippen LogP contribution in [-0.4, -0.2) is 23.4 Å². The second-order valence-electron chi connectivity index (χ2n) is 7.55. The van der Waals surface area contributed by atoms with Crippen LogP contribution in [0.25, 0.3) is 0 Å². The van der Waals surface area contributed by atoms with E-state index >= 15 is 0 Å². The van der Waals surface area contributed by atoms with Gasteiger partial charge < -0.3 is 10.6 Å². The molecule has 1 amide bonds. The Balaban J connectivity index is 1.68. The summed E-state index contributed by atoms with van der Waals surface area (Å²) in [6, 6.07) is 15.0. The average Bonchev–Trinajstić information content (AvgIpc) is 2.68. The second-order valence-corrected chi connectivity index (χ2v) is 7.55. The van der Waals surface area contributed by atoms with Gasteiger partial charge in [-0.2, -0.15) is 0 Å². The normalized spacial score (nSPS) is 25.6. The molecule has 0 saturated heterocycles. The first kappa shape index (κ1) is 17.2. The smallest absolute Gasteiger partial charge is 0.226 e. The van der Waals surface area contributed by atoms with Gasteiger partial charge in [-0.25, -0.2) is 4.39 Å². The molecule has 136 valence electrons. The van der Waals surface area contributed by atoms with E-state index < -0.39 is 0 Å². The molecular weight excluding hydrogens is 327 g/mol. The molecule has 1 atom stereocenters. The van der Waals surface area contributed by atoms with Crippen LogP contribution in [0.15, 0.2) is 48.5 Å². The summed E-state index contributed by atoms with van der Waals surface area (Å²) in [4.78, 5) is 15.3. The van der Waals surface area contributed by atoms with Gasteiger partial charge in [-0.1, -0.05) is 36.4 Å². The Morgan fingerprint density at radius 2 is 1.69 bits per heavy atom. The summed E-state index contributed by atoms with van der Waals surface area (Å²) < 4.78 is 13.4. The Hall–Kier alpha value is -2.20. The number of amides is 1. The molecule has 1 fully saturated rings. The minimum absolute atomic E-state index is 0.0583. The van der Waals surface area contributed by atoms with Crippen molar-refractivity contribution in [2.75, 3.05) is 6.54 Å². The van der Waals surface area contributed by atoms with E-state index in [-0.39, 0.29) is 29.7 Å². The summed E-state index contributed by atoms with van der Waals surface area (Å²) in [5.74, 6) is 0.0285. The zero-order valence-corrected chi connectivity index (χ0v) is 14.9. The van der Waals surface area contributed by atoms with Gasteiger partial charge in [0.15, 0.2) is 0 Å². The van der Waals surface area contributed by atoms with E-state index in [4.69, 9.17) is 5.73 Å². The molecule has 1 aliphatic carbocycles. The third-order valence-corrected chi connectivity index (χ3v) is 5.87. The third kappa shape index (κ3) is 3.26. The van der Waals surface area contributed by atoms with E-state index in [2.05, 4.69) is 12.1 Å². The molecule has 2 aliphatic rings. The first-order valence-corrected chi connectivity index (χ1v) is 9.53. The van der Waals surface area contributed by atoms with Crippen LogP contribution in [0.4, 0.5) is 4.39 Å². The van der Waals surface area contributed by atoms with Crippen molar-refractivity contribution in [3.05, 3.63) is 71.0 Å². The van der Waals surface area contributed by atoms with Crippen molar-refractivity contribution in [3.63, 3.8) is 0 Å². The molecule has 0 bridgehead atoms. The highest BCUT2D eigenvalue weighted by Crippen LogP contribution is 2.37. The van der Waals surface area contributed by atoms with Crippen LogP contribution in [0, 0.1) is 11.7 Å². The first-order chi connectivity index (χ1) is 12.6. The molecule has 2 aromatic rings. The van der Waals surface area contributed by atoms with Gasteiger partial charge in [-0.15, -0.1) is 0 Å². The zero-order valence-electron chi connectivity index (χ0n) is 14.9. The highest BCUT2D eigenvalue weighted by molar-refractivity contribution is 5.80. The molecule has 1 heterocycles. The summed E-state index contributed by atoms with van der Waals surface area (Å²) >= 11 is 0. The van der Waals surface area contributed by atoms with Crippen molar-refractivity contribution >= 4 is 5.91 Å². The molecule has 4 rings (SSSR count). The molecule has 0 aromatic heterocycles. The van der Waals surface area contributed by atoms with E-state index in [1.807, 2.05) is 17.0 Å². The van der Waals surface area contributed by atoms with Crippen LogP contribution >= 0.6 is 0 Å². The molecule has 1 saturated carbocycles. The maximum Gasteiger partial charge on any atom is 0.226 e. The summed E-state index contributed by atoms with van der Waals surface area (Å²) in [6.07, 6.45) is 4.44. The standard InChI is InChI=1S/C22H25FN2O/c23-18-9-5-16(6-10-18)21-20-4-2-1-3-15(20)13-14-25(21)22(26)17-7-11-19(24)12-8-17/h1-6,9-10,17,19,21H,7-8,11-14,24H2/t17?,19?,21-/m0/s1. The number of fused-ring (bicyclic) bond motifs is 1. The van der Waals surface area contributed by atoms with Crippen LogP contribution < -0.4 is 5.73 Å². The molecule has 26 heavy (non-hydrogen) atoms. The van der Waals surface area contributed by atoms with Crippen LogP contribution in [0.3, 0.4) is 0 Å². The van der Waals surface area contributed by atoms with Crippen molar-refractivity contribution in [2.24, 2.45) is 11.7 Å². The highest BCUT2D eigenvalue weighted by Gasteiger charge is 2.36. The van der Waals surface area contributed by atoms with E-state index in [0.29, 0.717) is 6.54 Å². The number of halogens is 1. The number of carbonyl (C=O) groups is 1. The number of nitrogens with two attached hydrogens (primary N) is 1. The Labute approximate surface area is 154 Å². The quantitative estimate of drug-likeness (QED) is 0.893. The lowest BCUT2D eigenvalue weighted by atomic mass is 9.83. The minimum atomic E-state index is -0.253. The molecule has 0 radical (unpaired) electrons. The van der Waals surface area contributed by atoms with Gasteiger partial charge in [0.05, 0.1) is 6.04 Å². The monoisotopic (exact) mass is 352 g/mol. The van der Waals surface area contributed by atoms with Crippen molar-refractivity contribution in [2.45, 2.75) is 44.2 Å². The molecule has 2 aromatic carbocycles. The Kier molecular flexibility index (Phi) is 4.77. The van der Waals surface area contributed by atoms with Crippen LogP contribution in [-0.2, 0) is 11.2 Å². The van der Waals surface area contributed by atoms with Crippen molar-refractivity contribution < 1.29 is 9.18 Å². The molecule has 0 unspecified atom stereocenters. The highest BCUT2D eigenvalue weighted by atomic mass is 19.1. The third-order valence-electron chi connectivity index (χ3n) is 5.87. The number of rotatable bonds is 2. The minimum Gasteiger partial charge on any atom is -0.331 e. The second kappa shape index (κ2) is 7.20. The maximum absolute atomic E-state index is 13.4. The average molecular weight is 352 g/mol. The van der Waals surface area contributed by atoms with Crippen molar-refractivity contribution in [1.82, 2.24) is 4.90 Å². The summed E-state index contributed by atoms with van der Waals surface area (Å²) in [7, 11) is 0. The van der Waals surface area contributed by atoms with Crippen LogP contribution in [0.1, 0.15) is 48.4 Å². The summed E-state index contributed by atoms with van der Waals surface area (Å²) in [5, 5.41) is 0. The number of benzene rings is 2. The van der Waals surface area contributed by atoms with Gasteiger partial charge in [0.25, 0.3) is 0 Å². The fourth-order valence-corrected chi connectivity index (χ4v) is 4.41. The lowest BCUT2D eigenvalue weighted by molar-refractivity contribution is -0.138. The fraction of sp³-hybridized carbons (Fsp3) is 0.409. The predicted molar refractivity (Wildman–Crippen MR) is 100 cm³/mol. The summed E-state index contributed by atoms with van der Waals surface area (Å²) in [6.45, 7) is 0.709. The van der Waals surface area contributed by atoms with E-state index in [1.54, 1.807) is 12.1 Å². The van der Waals surface area contributed by atoms with E-state index in [9.17, 15) is 9.18 Å². The van der Waals surface area contributed by atoms with Gasteiger partial charge in [0.1, 0.15) is 5.82 Å². The van der Waals surface area contributed by atoms with Crippen molar-refractivity contribution in [1.29, 1.82) is 0 Å². The Morgan fingerprint density at radius 1 is 1.00 bits per heavy atom. The molecule has 1 aliphatic heterocycles. The molecular formula is C22H25FN2O. The SMILES string of the molecule is NC1CCC(C(=O)N2CCc3ccccc3[C@@H]2c2ccc(F)cc2)CC1. The lowest BCUT2D eigenvalue weighted by Gasteiger charge is -2.40. The predicted octanol–water partition coefficient (Wildman–Crippen LogP) is 3.82. The van der Waals surface area contributed by atoms with Gasteiger partial charge in [-0.3, -0.25) is 4.79 Å². The maximum atomic E-state index is 13.4. The van der Waals surface area contributed by atoms with Gasteiger partial charge in [0, 0.05) is 18.5 Å². The van der Waals surface area contributed by atoms with Crippen LogP contribution in [0.2, 0.25) is 0 Å². The number of hydrogen-bond donors (Lipinski definition) is 1. The number of carbonyl (C=O) groups excluding carboxylic acids is 1.